The molecular formula is C19H30N2O2. The Bertz CT molecular complexity index is 501. The first-order valence-corrected chi connectivity index (χ1v) is 8.59. The van der Waals surface area contributed by atoms with Crippen LogP contribution in [-0.4, -0.2) is 36.7 Å². The lowest BCUT2D eigenvalue weighted by Gasteiger charge is -2.24. The van der Waals surface area contributed by atoms with Crippen LogP contribution in [0, 0.1) is 0 Å². The second-order valence-corrected chi connectivity index (χ2v) is 7.45. The van der Waals surface area contributed by atoms with Crippen LogP contribution in [0.5, 0.6) is 0 Å². The van der Waals surface area contributed by atoms with Crippen LogP contribution in [-0.2, 0) is 11.3 Å². The predicted molar refractivity (Wildman–Crippen MR) is 93.6 cm³/mol. The van der Waals surface area contributed by atoms with E-state index in [0.29, 0.717) is 6.54 Å². The Kier molecular flexibility index (Phi) is 6.05. The van der Waals surface area contributed by atoms with Crippen LogP contribution in [0.15, 0.2) is 24.3 Å². The van der Waals surface area contributed by atoms with Gasteiger partial charge in [-0.2, -0.15) is 0 Å². The van der Waals surface area contributed by atoms with Crippen molar-refractivity contribution in [2.24, 2.45) is 0 Å². The van der Waals surface area contributed by atoms with Gasteiger partial charge in [0.05, 0.1) is 0 Å². The largest absolute Gasteiger partial charge is 0.444 e. The molecule has 1 fully saturated rings. The van der Waals surface area contributed by atoms with Gasteiger partial charge in [0.25, 0.3) is 0 Å². The van der Waals surface area contributed by atoms with Crippen molar-refractivity contribution < 1.29 is 9.53 Å². The molecule has 0 bridgehead atoms. The molecule has 23 heavy (non-hydrogen) atoms. The van der Waals surface area contributed by atoms with Gasteiger partial charge in [-0.1, -0.05) is 24.3 Å². The molecule has 128 valence electrons. The number of rotatable bonds is 7. The lowest BCUT2D eigenvalue weighted by atomic mass is 10.1. The van der Waals surface area contributed by atoms with E-state index < -0.39 is 5.60 Å². The lowest BCUT2D eigenvalue weighted by molar-refractivity contribution is 0.0297. The van der Waals surface area contributed by atoms with Gasteiger partial charge >= 0.3 is 6.09 Å². The zero-order chi connectivity index (χ0) is 16.9. The van der Waals surface area contributed by atoms with Gasteiger partial charge in [-0.15, -0.1) is 0 Å². The standard InChI is InChI=1S/C19H30N2O2/c1-19(2,3)23-18(22)21(4)13-5-12-20-14-15-6-8-16(9-7-15)17-10-11-17/h6-9,17,20H,5,10-14H2,1-4H3. The molecule has 0 spiro atoms. The van der Waals surface area contributed by atoms with E-state index in [4.69, 9.17) is 4.74 Å². The van der Waals surface area contributed by atoms with Crippen molar-refractivity contribution in [1.29, 1.82) is 0 Å². The lowest BCUT2D eigenvalue weighted by Crippen LogP contribution is -2.35. The minimum atomic E-state index is -0.434. The molecular weight excluding hydrogens is 288 g/mol. The Labute approximate surface area is 140 Å². The van der Waals surface area contributed by atoms with Crippen LogP contribution in [0.25, 0.3) is 0 Å². The molecule has 1 N–H and O–H groups in total. The predicted octanol–water partition coefficient (Wildman–Crippen LogP) is 3.91. The van der Waals surface area contributed by atoms with E-state index in [-0.39, 0.29) is 6.09 Å². The van der Waals surface area contributed by atoms with Gasteiger partial charge < -0.3 is 15.0 Å². The summed E-state index contributed by atoms with van der Waals surface area (Å²) in [5.41, 5.74) is 2.36. The van der Waals surface area contributed by atoms with Gasteiger partial charge in [0, 0.05) is 20.1 Å². The fourth-order valence-electron chi connectivity index (χ4n) is 2.43. The van der Waals surface area contributed by atoms with Crippen molar-refractivity contribution in [3.8, 4) is 0 Å². The SMILES string of the molecule is CN(CCCNCc1ccc(C2CC2)cc1)C(=O)OC(C)(C)C. The van der Waals surface area contributed by atoms with Crippen molar-refractivity contribution in [2.75, 3.05) is 20.1 Å². The van der Waals surface area contributed by atoms with Crippen molar-refractivity contribution in [2.45, 2.75) is 58.1 Å². The Morgan fingerprint density at radius 3 is 2.48 bits per heavy atom. The van der Waals surface area contributed by atoms with Gasteiger partial charge in [-0.25, -0.2) is 4.79 Å². The average Bonchev–Trinajstić information content (AvgIpc) is 3.30. The van der Waals surface area contributed by atoms with Crippen molar-refractivity contribution in [3.63, 3.8) is 0 Å². The summed E-state index contributed by atoms with van der Waals surface area (Å²) in [5, 5.41) is 3.43. The van der Waals surface area contributed by atoms with E-state index in [1.54, 1.807) is 11.9 Å². The molecule has 0 atom stereocenters. The summed E-state index contributed by atoms with van der Waals surface area (Å²) >= 11 is 0. The van der Waals surface area contributed by atoms with Crippen LogP contribution in [0.1, 0.15) is 57.1 Å². The summed E-state index contributed by atoms with van der Waals surface area (Å²) in [7, 11) is 1.78. The van der Waals surface area contributed by atoms with Gasteiger partial charge in [0.15, 0.2) is 0 Å². The first-order chi connectivity index (χ1) is 10.8. The van der Waals surface area contributed by atoms with Crippen molar-refractivity contribution in [1.82, 2.24) is 10.2 Å². The summed E-state index contributed by atoms with van der Waals surface area (Å²) in [6.45, 7) is 8.11. The molecule has 1 aliphatic carbocycles. The summed E-state index contributed by atoms with van der Waals surface area (Å²) in [5.74, 6) is 0.820. The van der Waals surface area contributed by atoms with Crippen LogP contribution >= 0.6 is 0 Å². The van der Waals surface area contributed by atoms with E-state index in [1.165, 1.54) is 24.0 Å². The number of nitrogens with zero attached hydrogens (tertiary/aromatic N) is 1. The highest BCUT2D eigenvalue weighted by atomic mass is 16.6. The first-order valence-electron chi connectivity index (χ1n) is 8.59. The molecule has 0 saturated heterocycles. The molecule has 0 radical (unpaired) electrons. The normalized spacial score (nSPS) is 14.6. The molecule has 4 nitrogen and oxygen atoms in total. The molecule has 0 unspecified atom stereocenters. The average molecular weight is 318 g/mol. The summed E-state index contributed by atoms with van der Waals surface area (Å²) in [6.07, 6.45) is 3.36. The molecule has 2 rings (SSSR count). The molecule has 1 aromatic carbocycles. The molecule has 1 aliphatic rings. The van der Waals surface area contributed by atoms with Gasteiger partial charge in [-0.3, -0.25) is 0 Å². The first kappa shape index (κ1) is 17.8. The van der Waals surface area contributed by atoms with Gasteiger partial charge in [0.2, 0.25) is 0 Å². The molecule has 0 heterocycles. The second kappa shape index (κ2) is 7.82. The van der Waals surface area contributed by atoms with Crippen LogP contribution in [0.3, 0.4) is 0 Å². The number of carbonyl (C=O) groups is 1. The minimum Gasteiger partial charge on any atom is -0.444 e. The number of carbonyl (C=O) groups excluding carboxylic acids is 1. The third-order valence-corrected chi connectivity index (χ3v) is 3.91. The summed E-state index contributed by atoms with van der Waals surface area (Å²) in [6, 6.07) is 8.94. The van der Waals surface area contributed by atoms with E-state index in [1.807, 2.05) is 20.8 Å². The molecule has 4 heteroatoms. The van der Waals surface area contributed by atoms with Crippen LogP contribution < -0.4 is 5.32 Å². The molecule has 1 saturated carbocycles. The van der Waals surface area contributed by atoms with E-state index >= 15 is 0 Å². The maximum Gasteiger partial charge on any atom is 0.410 e. The minimum absolute atomic E-state index is 0.256. The molecule has 1 aromatic rings. The fraction of sp³-hybridized carbons (Fsp3) is 0.632. The third-order valence-electron chi connectivity index (χ3n) is 3.91. The number of nitrogens with one attached hydrogen (secondary N) is 1. The monoisotopic (exact) mass is 318 g/mol. The Balaban J connectivity index is 1.58. The Hall–Kier alpha value is -1.55. The number of ether oxygens (including phenoxy) is 1. The van der Waals surface area contributed by atoms with Crippen molar-refractivity contribution >= 4 is 6.09 Å². The maximum atomic E-state index is 11.8. The third kappa shape index (κ3) is 6.61. The molecule has 0 aromatic heterocycles. The Morgan fingerprint density at radius 1 is 1.26 bits per heavy atom. The zero-order valence-corrected chi connectivity index (χ0v) is 14.9. The summed E-state index contributed by atoms with van der Waals surface area (Å²) < 4.78 is 5.33. The number of hydrogen-bond acceptors (Lipinski definition) is 3. The van der Waals surface area contributed by atoms with E-state index in [2.05, 4.69) is 29.6 Å². The quantitative estimate of drug-likeness (QED) is 0.775. The Morgan fingerprint density at radius 2 is 1.91 bits per heavy atom. The molecule has 0 aliphatic heterocycles. The second-order valence-electron chi connectivity index (χ2n) is 7.45. The zero-order valence-electron chi connectivity index (χ0n) is 14.9. The van der Waals surface area contributed by atoms with Crippen LogP contribution in [0.2, 0.25) is 0 Å². The van der Waals surface area contributed by atoms with E-state index in [0.717, 1.165) is 25.4 Å². The highest BCUT2D eigenvalue weighted by Gasteiger charge is 2.22. The highest BCUT2D eigenvalue weighted by molar-refractivity contribution is 5.67. The topological polar surface area (TPSA) is 41.6 Å². The number of amides is 1. The fourth-order valence-corrected chi connectivity index (χ4v) is 2.43. The van der Waals surface area contributed by atoms with Gasteiger partial charge in [0.1, 0.15) is 5.60 Å². The summed E-state index contributed by atoms with van der Waals surface area (Å²) in [4.78, 5) is 13.5. The highest BCUT2D eigenvalue weighted by Crippen LogP contribution is 2.39. The van der Waals surface area contributed by atoms with Crippen LogP contribution in [0.4, 0.5) is 4.79 Å². The van der Waals surface area contributed by atoms with Gasteiger partial charge in [-0.05, 0) is 63.6 Å². The van der Waals surface area contributed by atoms with E-state index in [9.17, 15) is 4.79 Å². The number of benzene rings is 1. The number of hydrogen-bond donors (Lipinski definition) is 1. The van der Waals surface area contributed by atoms with Crippen molar-refractivity contribution in [3.05, 3.63) is 35.4 Å². The maximum absolute atomic E-state index is 11.8. The smallest absolute Gasteiger partial charge is 0.410 e. The molecule has 1 amide bonds.